The van der Waals surface area contributed by atoms with Gasteiger partial charge in [-0.15, -0.1) is 0 Å². The molecule has 0 unspecified atom stereocenters. The van der Waals surface area contributed by atoms with Crippen LogP contribution in [0.15, 0.2) is 59.1 Å². The number of fused-ring (bicyclic) bond motifs is 3. The van der Waals surface area contributed by atoms with Crippen molar-refractivity contribution in [3.63, 3.8) is 0 Å². The number of nitrogens with one attached hydrogen (secondary N) is 2. The summed E-state index contributed by atoms with van der Waals surface area (Å²) in [5.74, 6) is 2.49. The molecule has 166 valence electrons. The number of carboxylic acid groups (broad SMARTS) is 1. The van der Waals surface area contributed by atoms with Crippen molar-refractivity contribution in [2.75, 3.05) is 13.2 Å². The summed E-state index contributed by atoms with van der Waals surface area (Å²) < 4.78 is 10.5. The minimum atomic E-state index is -1.28. The molecule has 0 saturated carbocycles. The summed E-state index contributed by atoms with van der Waals surface area (Å²) in [7, 11) is 0. The number of hydrogen-bond donors (Lipinski definition) is 3. The number of aromatic nitrogens is 1. The van der Waals surface area contributed by atoms with Crippen molar-refractivity contribution in [3.05, 3.63) is 77.2 Å². The molecule has 1 aliphatic rings. The van der Waals surface area contributed by atoms with E-state index in [1.165, 1.54) is 6.07 Å². The summed E-state index contributed by atoms with van der Waals surface area (Å²) in [6, 6.07) is 17.5. The molecule has 9 heteroatoms. The Morgan fingerprint density at radius 3 is 2.36 bits per heavy atom. The number of hydrogen-bond acceptors (Lipinski definition) is 6. The number of carbonyl (C=O) groups excluding carboxylic acids is 2. The van der Waals surface area contributed by atoms with E-state index in [9.17, 15) is 14.4 Å². The first kappa shape index (κ1) is 21.6. The first-order valence-electron chi connectivity index (χ1n) is 10.1. The Balaban J connectivity index is 1.28. The standard InChI is InChI=1S/C24H19N3O6/c28-22(29)10-5-11-25-23(30)21-12-15(33-27-21)13-26-24(31)32-14-20-18-8-3-1-6-16(18)17-7-2-4-9-19(17)20/h1-4,6-9,12,20H,11,13-14H2,(H,25,30)(H,26,31)(H,28,29). The van der Waals surface area contributed by atoms with Crippen LogP contribution in [0.2, 0.25) is 0 Å². The van der Waals surface area contributed by atoms with E-state index in [1.807, 2.05) is 42.3 Å². The second kappa shape index (κ2) is 9.70. The number of rotatable bonds is 6. The molecule has 0 atom stereocenters. The lowest BCUT2D eigenvalue weighted by Gasteiger charge is -2.14. The third-order valence-electron chi connectivity index (χ3n) is 5.07. The topological polar surface area (TPSA) is 131 Å². The van der Waals surface area contributed by atoms with Crippen LogP contribution >= 0.6 is 0 Å². The van der Waals surface area contributed by atoms with Crippen molar-refractivity contribution in [3.8, 4) is 23.0 Å². The number of amides is 2. The van der Waals surface area contributed by atoms with E-state index in [0.717, 1.165) is 22.3 Å². The molecule has 0 fully saturated rings. The lowest BCUT2D eigenvalue weighted by Crippen LogP contribution is -2.25. The first-order chi connectivity index (χ1) is 16.0. The number of aliphatic carboxylic acids is 1. The van der Waals surface area contributed by atoms with E-state index < -0.39 is 18.0 Å². The van der Waals surface area contributed by atoms with Gasteiger partial charge in [0.1, 0.15) is 6.61 Å². The molecule has 4 rings (SSSR count). The van der Waals surface area contributed by atoms with Crippen LogP contribution in [0.1, 0.15) is 33.3 Å². The SMILES string of the molecule is O=C(O)C#CCNC(=O)c1cc(CNC(=O)OCC2c3ccccc3-c3ccccc32)on1. The zero-order valence-corrected chi connectivity index (χ0v) is 17.3. The van der Waals surface area contributed by atoms with Gasteiger partial charge in [0, 0.05) is 17.9 Å². The summed E-state index contributed by atoms with van der Waals surface area (Å²) >= 11 is 0. The van der Waals surface area contributed by atoms with Crippen LogP contribution in [0.4, 0.5) is 4.79 Å². The van der Waals surface area contributed by atoms with Crippen LogP contribution in [0.25, 0.3) is 11.1 Å². The second-order valence-corrected chi connectivity index (χ2v) is 7.15. The van der Waals surface area contributed by atoms with Crippen LogP contribution in [-0.4, -0.2) is 41.4 Å². The van der Waals surface area contributed by atoms with Gasteiger partial charge >= 0.3 is 12.1 Å². The summed E-state index contributed by atoms with van der Waals surface area (Å²) in [5, 5.41) is 17.0. The normalized spacial score (nSPS) is 11.5. The van der Waals surface area contributed by atoms with Crippen LogP contribution in [0, 0.1) is 11.8 Å². The summed E-state index contributed by atoms with van der Waals surface area (Å²) in [6.07, 6.45) is -0.622. The van der Waals surface area contributed by atoms with E-state index in [-0.39, 0.29) is 37.1 Å². The maximum atomic E-state index is 12.2. The highest BCUT2D eigenvalue weighted by Gasteiger charge is 2.29. The highest BCUT2D eigenvalue weighted by atomic mass is 16.5. The smallest absolute Gasteiger partial charge is 0.407 e. The van der Waals surface area contributed by atoms with Gasteiger partial charge in [-0.05, 0) is 22.3 Å². The Kier molecular flexibility index (Phi) is 6.36. The van der Waals surface area contributed by atoms with Crippen LogP contribution in [-0.2, 0) is 16.1 Å². The lowest BCUT2D eigenvalue weighted by atomic mass is 9.98. The van der Waals surface area contributed by atoms with Crippen molar-refractivity contribution in [1.82, 2.24) is 15.8 Å². The fourth-order valence-corrected chi connectivity index (χ4v) is 3.65. The zero-order chi connectivity index (χ0) is 23.2. The Bertz CT molecular complexity index is 1220. The molecule has 33 heavy (non-hydrogen) atoms. The van der Waals surface area contributed by atoms with Crippen LogP contribution < -0.4 is 10.6 Å². The molecule has 2 aromatic carbocycles. The molecule has 1 aliphatic carbocycles. The minimum absolute atomic E-state index is 0.0172. The summed E-state index contributed by atoms with van der Waals surface area (Å²) in [4.78, 5) is 34.5. The molecule has 0 bridgehead atoms. The fourth-order valence-electron chi connectivity index (χ4n) is 3.65. The molecule has 3 aromatic rings. The maximum absolute atomic E-state index is 12.2. The average Bonchev–Trinajstić information content (AvgIpc) is 3.42. The molecule has 9 nitrogen and oxygen atoms in total. The van der Waals surface area contributed by atoms with Gasteiger partial charge in [-0.1, -0.05) is 59.6 Å². The zero-order valence-electron chi connectivity index (χ0n) is 17.3. The third-order valence-corrected chi connectivity index (χ3v) is 5.07. The number of alkyl carbamates (subject to hydrolysis) is 1. The summed E-state index contributed by atoms with van der Waals surface area (Å²) in [6.45, 7) is 0.0163. The third kappa shape index (κ3) is 5.02. The van der Waals surface area contributed by atoms with E-state index in [4.69, 9.17) is 14.4 Å². The van der Waals surface area contributed by atoms with Gasteiger partial charge in [-0.2, -0.15) is 0 Å². The molecule has 3 N–H and O–H groups in total. The molecule has 0 saturated heterocycles. The molecule has 0 radical (unpaired) electrons. The molecule has 2 amide bonds. The predicted molar refractivity (Wildman–Crippen MR) is 116 cm³/mol. The van der Waals surface area contributed by atoms with Gasteiger partial charge in [0.2, 0.25) is 0 Å². The average molecular weight is 445 g/mol. The summed E-state index contributed by atoms with van der Waals surface area (Å²) in [5.41, 5.74) is 4.50. The fraction of sp³-hybridized carbons (Fsp3) is 0.167. The van der Waals surface area contributed by atoms with Gasteiger partial charge < -0.3 is 25.0 Å². The number of benzene rings is 2. The highest BCUT2D eigenvalue weighted by Crippen LogP contribution is 2.44. The Hall–Kier alpha value is -4.58. The Morgan fingerprint density at radius 2 is 1.70 bits per heavy atom. The van der Waals surface area contributed by atoms with Crippen molar-refractivity contribution < 1.29 is 28.8 Å². The molecule has 1 heterocycles. The number of carbonyl (C=O) groups is 3. The second-order valence-electron chi connectivity index (χ2n) is 7.15. The quantitative estimate of drug-likeness (QED) is 0.497. The monoisotopic (exact) mass is 445 g/mol. The van der Waals surface area contributed by atoms with E-state index >= 15 is 0 Å². The van der Waals surface area contributed by atoms with E-state index in [1.54, 1.807) is 0 Å². The first-order valence-corrected chi connectivity index (χ1v) is 10.1. The number of carboxylic acids is 1. The van der Waals surface area contributed by atoms with Gasteiger partial charge in [-0.3, -0.25) is 4.79 Å². The van der Waals surface area contributed by atoms with E-state index in [0.29, 0.717) is 0 Å². The number of ether oxygens (including phenoxy) is 1. The molecule has 0 aliphatic heterocycles. The van der Waals surface area contributed by atoms with E-state index in [2.05, 4.69) is 33.8 Å². The predicted octanol–water partition coefficient (Wildman–Crippen LogP) is 2.53. The van der Waals surface area contributed by atoms with Gasteiger partial charge in [0.05, 0.1) is 13.1 Å². The lowest BCUT2D eigenvalue weighted by molar-refractivity contribution is -0.130. The van der Waals surface area contributed by atoms with Crippen molar-refractivity contribution in [1.29, 1.82) is 0 Å². The highest BCUT2D eigenvalue weighted by molar-refractivity contribution is 5.92. The van der Waals surface area contributed by atoms with Crippen LogP contribution in [0.5, 0.6) is 0 Å². The molecule has 0 spiro atoms. The minimum Gasteiger partial charge on any atom is -0.472 e. The van der Waals surface area contributed by atoms with Crippen molar-refractivity contribution in [2.24, 2.45) is 0 Å². The molecule has 1 aromatic heterocycles. The largest absolute Gasteiger partial charge is 0.472 e. The van der Waals surface area contributed by atoms with Gasteiger partial charge in [-0.25, -0.2) is 9.59 Å². The number of nitrogens with zero attached hydrogens (tertiary/aromatic N) is 1. The van der Waals surface area contributed by atoms with Gasteiger partial charge in [0.25, 0.3) is 5.91 Å². The molecular weight excluding hydrogens is 426 g/mol. The Morgan fingerprint density at radius 1 is 1.03 bits per heavy atom. The maximum Gasteiger partial charge on any atom is 0.407 e. The van der Waals surface area contributed by atoms with Crippen molar-refractivity contribution >= 4 is 18.0 Å². The van der Waals surface area contributed by atoms with Crippen LogP contribution in [0.3, 0.4) is 0 Å². The van der Waals surface area contributed by atoms with Crippen molar-refractivity contribution in [2.45, 2.75) is 12.5 Å². The molecular formula is C24H19N3O6. The van der Waals surface area contributed by atoms with Gasteiger partial charge in [0.15, 0.2) is 11.5 Å². The Labute approximate surface area is 188 Å².